The van der Waals surface area contributed by atoms with Crippen LogP contribution >= 0.6 is 0 Å². The van der Waals surface area contributed by atoms with Crippen molar-refractivity contribution in [1.82, 2.24) is 0 Å². The van der Waals surface area contributed by atoms with E-state index in [4.69, 9.17) is 20.4 Å². The Morgan fingerprint density at radius 2 is 0.508 bits per heavy atom. The molecule has 8 nitrogen and oxygen atoms in total. The van der Waals surface area contributed by atoms with Gasteiger partial charge in [0.1, 0.15) is 0 Å². The summed E-state index contributed by atoms with van der Waals surface area (Å²) in [5.41, 5.74) is 0.00530. The molecule has 9 heteroatoms. The van der Waals surface area contributed by atoms with Gasteiger partial charge in [-0.3, -0.25) is 0 Å². The van der Waals surface area contributed by atoms with Crippen molar-refractivity contribution in [3.63, 3.8) is 0 Å². The summed E-state index contributed by atoms with van der Waals surface area (Å²) in [6, 6.07) is 0. The SMILES string of the molecule is CCCCCCCCCCCCCCCCCC/C(=C/C(=O)O)C(=O)O.CCCCCCCCCCCCCCCCCC/C(=C/C(=O)O)C(=O)O.CCC[CH2][Sn][CH2]CCC. The molecule has 2 radical (unpaired) electrons. The fourth-order valence-corrected chi connectivity index (χ4v) is 11.4. The van der Waals surface area contributed by atoms with E-state index in [0.29, 0.717) is 12.8 Å². The van der Waals surface area contributed by atoms with Gasteiger partial charge in [0.15, 0.2) is 0 Å². The molecular formula is C52H98O8Sn. The molecule has 0 heterocycles. The summed E-state index contributed by atoms with van der Waals surface area (Å²) in [5, 5.41) is 35.1. The Bertz CT molecular complexity index is 960. The van der Waals surface area contributed by atoms with Crippen LogP contribution in [0.15, 0.2) is 23.3 Å². The van der Waals surface area contributed by atoms with Gasteiger partial charge in [0.25, 0.3) is 0 Å². The molecule has 358 valence electrons. The van der Waals surface area contributed by atoms with Gasteiger partial charge in [-0.25, -0.2) is 19.2 Å². The Balaban J connectivity index is -0.000000918. The van der Waals surface area contributed by atoms with Crippen LogP contribution in [0.3, 0.4) is 0 Å². The van der Waals surface area contributed by atoms with Crippen LogP contribution in [0.2, 0.25) is 8.87 Å². The van der Waals surface area contributed by atoms with Crippen molar-refractivity contribution in [3.8, 4) is 0 Å². The molecule has 0 saturated carbocycles. The summed E-state index contributed by atoms with van der Waals surface area (Å²) in [6.07, 6.45) is 48.9. The number of carboxylic acids is 4. The predicted molar refractivity (Wildman–Crippen MR) is 260 cm³/mol. The number of aliphatic carboxylic acids is 4. The van der Waals surface area contributed by atoms with Crippen molar-refractivity contribution in [3.05, 3.63) is 23.3 Å². The molecule has 0 amide bonds. The third-order valence-corrected chi connectivity index (χ3v) is 15.2. The molecule has 61 heavy (non-hydrogen) atoms. The Labute approximate surface area is 386 Å². The van der Waals surface area contributed by atoms with Gasteiger partial charge < -0.3 is 20.4 Å². The van der Waals surface area contributed by atoms with E-state index < -0.39 is 23.9 Å². The second-order valence-electron chi connectivity index (χ2n) is 17.2. The molecule has 0 rings (SSSR count). The first kappa shape index (κ1) is 63.4. The molecule has 4 N–H and O–H groups in total. The monoisotopic (exact) mass is 971 g/mol. The van der Waals surface area contributed by atoms with E-state index in [1.165, 1.54) is 193 Å². The summed E-state index contributed by atoms with van der Waals surface area (Å²) in [7, 11) is 0. The Morgan fingerprint density at radius 3 is 0.689 bits per heavy atom. The minimum absolute atomic E-state index is 0.00265. The van der Waals surface area contributed by atoms with Gasteiger partial charge in [0.05, 0.1) is 0 Å². The Hall–Kier alpha value is -1.84. The van der Waals surface area contributed by atoms with E-state index in [-0.39, 0.29) is 32.3 Å². The van der Waals surface area contributed by atoms with Gasteiger partial charge in [-0.2, -0.15) is 0 Å². The van der Waals surface area contributed by atoms with Crippen LogP contribution in [0.4, 0.5) is 0 Å². The van der Waals surface area contributed by atoms with Gasteiger partial charge in [-0.1, -0.05) is 206 Å². The number of hydrogen-bond acceptors (Lipinski definition) is 4. The van der Waals surface area contributed by atoms with Crippen LogP contribution in [0.25, 0.3) is 0 Å². The molecule has 0 aromatic rings. The van der Waals surface area contributed by atoms with Crippen LogP contribution in [-0.2, 0) is 19.2 Å². The molecule has 0 aliphatic heterocycles. The molecule has 0 atom stereocenters. The average molecular weight is 970 g/mol. The van der Waals surface area contributed by atoms with E-state index >= 15 is 0 Å². The number of carbonyl (C=O) groups is 4. The van der Waals surface area contributed by atoms with Crippen LogP contribution in [-0.4, -0.2) is 65.4 Å². The molecule has 0 aliphatic rings. The summed E-state index contributed by atoms with van der Waals surface area (Å²) >= 11 is 0.149. The molecule has 0 aromatic carbocycles. The zero-order valence-corrected chi connectivity index (χ0v) is 43.2. The van der Waals surface area contributed by atoms with Gasteiger partial charge in [-0.15, -0.1) is 0 Å². The van der Waals surface area contributed by atoms with Crippen molar-refractivity contribution in [2.45, 2.75) is 281 Å². The zero-order valence-electron chi connectivity index (χ0n) is 40.4. The quantitative estimate of drug-likeness (QED) is 0.0268. The Morgan fingerprint density at radius 1 is 0.311 bits per heavy atom. The maximum atomic E-state index is 10.9. The maximum absolute atomic E-state index is 10.9. The first-order chi connectivity index (χ1) is 29.6. The molecule has 0 aliphatic carbocycles. The molecule has 0 bridgehead atoms. The van der Waals surface area contributed by atoms with Gasteiger partial charge >= 0.3 is 93.4 Å². The van der Waals surface area contributed by atoms with E-state index in [1.807, 2.05) is 0 Å². The number of unbranched alkanes of at least 4 members (excludes halogenated alkanes) is 32. The first-order valence-electron chi connectivity index (χ1n) is 25.6. The molecule has 0 saturated heterocycles. The van der Waals surface area contributed by atoms with Gasteiger partial charge in [0.2, 0.25) is 0 Å². The van der Waals surface area contributed by atoms with Crippen LogP contribution < -0.4 is 0 Å². The average Bonchev–Trinajstić information content (AvgIpc) is 3.22. The van der Waals surface area contributed by atoms with E-state index in [9.17, 15) is 19.2 Å². The third kappa shape index (κ3) is 58.2. The summed E-state index contributed by atoms with van der Waals surface area (Å²) in [6.45, 7) is 9.10. The van der Waals surface area contributed by atoms with Crippen molar-refractivity contribution in [1.29, 1.82) is 0 Å². The standard InChI is InChI=1S/2C22H40O4.2C4H9.Sn/c2*1-2-3-4-5-6-7-8-9-10-11-12-13-14-15-16-17-18-20(22(25)26)19-21(23)24;2*1-3-4-2;/h2*19H,2-18H2,1H3,(H,23,24)(H,25,26);2*1,3-4H2,2H3;/b2*20-19-;;;. The first-order valence-corrected chi connectivity index (χ1v) is 29.6. The zero-order chi connectivity index (χ0) is 45.9. The summed E-state index contributed by atoms with van der Waals surface area (Å²) in [5.74, 6) is -4.60. The normalized spacial score (nSPS) is 11.4. The van der Waals surface area contributed by atoms with Crippen molar-refractivity contribution >= 4 is 45.0 Å². The predicted octanol–water partition coefficient (Wildman–Crippen LogP) is 16.6. The molecule has 0 unspecified atom stereocenters. The molecular weight excluding hydrogens is 871 g/mol. The van der Waals surface area contributed by atoms with E-state index in [0.717, 1.165) is 50.7 Å². The topological polar surface area (TPSA) is 149 Å². The summed E-state index contributed by atoms with van der Waals surface area (Å²) in [4.78, 5) is 42.9. The van der Waals surface area contributed by atoms with Crippen LogP contribution in [0.1, 0.15) is 272 Å². The fraction of sp³-hybridized carbons (Fsp3) is 0.846. The molecule has 0 spiro atoms. The van der Waals surface area contributed by atoms with Gasteiger partial charge in [-0.05, 0) is 25.7 Å². The number of carboxylic acid groups (broad SMARTS) is 4. The summed E-state index contributed by atoms with van der Waals surface area (Å²) < 4.78 is 3.25. The van der Waals surface area contributed by atoms with Gasteiger partial charge in [0, 0.05) is 23.3 Å². The second-order valence-corrected chi connectivity index (χ2v) is 21.5. The van der Waals surface area contributed by atoms with E-state index in [1.54, 1.807) is 8.87 Å². The molecule has 0 fully saturated rings. The van der Waals surface area contributed by atoms with Crippen LogP contribution in [0.5, 0.6) is 0 Å². The minimum atomic E-state index is -1.18. The van der Waals surface area contributed by atoms with Crippen LogP contribution in [0, 0.1) is 0 Å². The third-order valence-electron chi connectivity index (χ3n) is 11.2. The number of hydrogen-bond donors (Lipinski definition) is 4. The van der Waals surface area contributed by atoms with E-state index in [2.05, 4.69) is 27.7 Å². The Kier molecular flexibility index (Phi) is 56.5. The fourth-order valence-electron chi connectivity index (χ4n) is 7.24. The van der Waals surface area contributed by atoms with Crippen molar-refractivity contribution < 1.29 is 39.6 Å². The van der Waals surface area contributed by atoms with Crippen molar-refractivity contribution in [2.24, 2.45) is 0 Å². The number of rotatable bonds is 44. The second kappa shape index (κ2) is 54.3. The van der Waals surface area contributed by atoms with Crippen molar-refractivity contribution in [2.75, 3.05) is 0 Å². The molecule has 0 aromatic heterocycles.